The molecule has 0 aliphatic carbocycles. The molecule has 0 saturated carbocycles. The molecule has 0 amide bonds. The lowest BCUT2D eigenvalue weighted by atomic mass is 10.0. The number of fused-ring (bicyclic) bond motifs is 3. The van der Waals surface area contributed by atoms with Crippen molar-refractivity contribution in [1.82, 2.24) is 4.57 Å². The number of carbonyl (C=O) groups is 2. The normalized spacial score (nSPS) is 10.9. The number of esters is 2. The number of benzene rings is 2. The van der Waals surface area contributed by atoms with Gasteiger partial charge >= 0.3 is 11.9 Å². The van der Waals surface area contributed by atoms with Crippen LogP contribution in [0.15, 0.2) is 36.4 Å². The van der Waals surface area contributed by atoms with Crippen molar-refractivity contribution in [2.75, 3.05) is 14.2 Å². The van der Waals surface area contributed by atoms with Crippen molar-refractivity contribution in [3.63, 3.8) is 0 Å². The van der Waals surface area contributed by atoms with Crippen LogP contribution in [0.25, 0.3) is 21.8 Å². The second kappa shape index (κ2) is 5.18. The summed E-state index contributed by atoms with van der Waals surface area (Å²) < 4.78 is 11.7. The monoisotopic (exact) mass is 297 g/mol. The van der Waals surface area contributed by atoms with Gasteiger partial charge in [0.25, 0.3) is 0 Å². The highest BCUT2D eigenvalue weighted by molar-refractivity contribution is 6.21. The molecule has 112 valence electrons. The van der Waals surface area contributed by atoms with Crippen molar-refractivity contribution < 1.29 is 19.1 Å². The third kappa shape index (κ3) is 1.86. The highest BCUT2D eigenvalue weighted by Crippen LogP contribution is 2.33. The van der Waals surface area contributed by atoms with Crippen molar-refractivity contribution in [1.29, 1.82) is 0 Å². The molecule has 0 aliphatic rings. The minimum absolute atomic E-state index is 0.207. The molecule has 0 atom stereocenters. The smallest absolute Gasteiger partial charge is 0.339 e. The highest BCUT2D eigenvalue weighted by atomic mass is 16.5. The van der Waals surface area contributed by atoms with E-state index in [1.54, 1.807) is 6.07 Å². The summed E-state index contributed by atoms with van der Waals surface area (Å²) in [7, 11) is 4.51. The second-order valence-electron chi connectivity index (χ2n) is 4.94. The van der Waals surface area contributed by atoms with E-state index in [2.05, 4.69) is 0 Å². The number of ether oxygens (including phenoxy) is 2. The summed E-state index contributed by atoms with van der Waals surface area (Å²) in [6.07, 6.45) is 0. The van der Waals surface area contributed by atoms with Crippen LogP contribution in [0.1, 0.15) is 20.7 Å². The zero-order valence-electron chi connectivity index (χ0n) is 12.5. The molecular formula is C17H15NO4. The summed E-state index contributed by atoms with van der Waals surface area (Å²) in [6.45, 7) is 0. The van der Waals surface area contributed by atoms with E-state index in [9.17, 15) is 9.59 Å². The van der Waals surface area contributed by atoms with E-state index in [0.717, 1.165) is 16.4 Å². The molecule has 0 saturated heterocycles. The third-order valence-corrected chi connectivity index (χ3v) is 3.87. The van der Waals surface area contributed by atoms with E-state index in [4.69, 9.17) is 9.47 Å². The molecule has 3 rings (SSSR count). The van der Waals surface area contributed by atoms with E-state index in [1.165, 1.54) is 14.2 Å². The topological polar surface area (TPSA) is 57.5 Å². The van der Waals surface area contributed by atoms with Gasteiger partial charge in [0.2, 0.25) is 0 Å². The number of aryl methyl sites for hydroxylation is 1. The van der Waals surface area contributed by atoms with E-state index < -0.39 is 11.9 Å². The Kier molecular flexibility index (Phi) is 3.33. The van der Waals surface area contributed by atoms with Crippen LogP contribution in [-0.4, -0.2) is 30.7 Å². The van der Waals surface area contributed by atoms with Gasteiger partial charge in [0.05, 0.1) is 25.3 Å². The predicted molar refractivity (Wildman–Crippen MR) is 83.1 cm³/mol. The van der Waals surface area contributed by atoms with Gasteiger partial charge in [0, 0.05) is 28.9 Å². The van der Waals surface area contributed by atoms with Crippen LogP contribution < -0.4 is 0 Å². The van der Waals surface area contributed by atoms with Crippen LogP contribution >= 0.6 is 0 Å². The van der Waals surface area contributed by atoms with Gasteiger partial charge in [-0.25, -0.2) is 9.59 Å². The summed E-state index contributed by atoms with van der Waals surface area (Å²) in [6, 6.07) is 11.1. The van der Waals surface area contributed by atoms with Crippen molar-refractivity contribution >= 4 is 33.7 Å². The average molecular weight is 297 g/mol. The Labute approximate surface area is 127 Å². The Bertz CT molecular complexity index is 908. The first-order valence-electron chi connectivity index (χ1n) is 6.77. The van der Waals surface area contributed by atoms with Crippen LogP contribution in [0.3, 0.4) is 0 Å². The molecule has 22 heavy (non-hydrogen) atoms. The van der Waals surface area contributed by atoms with Crippen LogP contribution in [0.2, 0.25) is 0 Å². The van der Waals surface area contributed by atoms with Crippen molar-refractivity contribution in [3.05, 3.63) is 47.5 Å². The minimum atomic E-state index is -0.560. The lowest BCUT2D eigenvalue weighted by molar-refractivity contribution is 0.0557. The molecule has 0 spiro atoms. The number of carbonyl (C=O) groups excluding carboxylic acids is 2. The number of aromatic nitrogens is 1. The highest BCUT2D eigenvalue weighted by Gasteiger charge is 2.24. The van der Waals surface area contributed by atoms with Crippen molar-refractivity contribution in [3.8, 4) is 0 Å². The lowest BCUT2D eigenvalue weighted by Crippen LogP contribution is -2.12. The number of hydrogen-bond acceptors (Lipinski definition) is 4. The Hall–Kier alpha value is -2.82. The van der Waals surface area contributed by atoms with Crippen molar-refractivity contribution in [2.24, 2.45) is 7.05 Å². The van der Waals surface area contributed by atoms with E-state index in [1.807, 2.05) is 41.9 Å². The fourth-order valence-electron chi connectivity index (χ4n) is 2.85. The molecule has 5 heteroatoms. The molecular weight excluding hydrogens is 282 g/mol. The van der Waals surface area contributed by atoms with Gasteiger partial charge in [0.15, 0.2) is 0 Å². The van der Waals surface area contributed by atoms with Gasteiger partial charge in [0.1, 0.15) is 0 Å². The number of para-hydroxylation sites is 1. The quantitative estimate of drug-likeness (QED) is 0.682. The fourth-order valence-corrected chi connectivity index (χ4v) is 2.85. The molecule has 3 aromatic rings. The van der Waals surface area contributed by atoms with E-state index in [-0.39, 0.29) is 11.1 Å². The van der Waals surface area contributed by atoms with Crippen LogP contribution in [0, 0.1) is 0 Å². The average Bonchev–Trinajstić information content (AvgIpc) is 2.86. The first-order valence-corrected chi connectivity index (χ1v) is 6.77. The predicted octanol–water partition coefficient (Wildman–Crippen LogP) is 2.90. The molecule has 5 nitrogen and oxygen atoms in total. The fraction of sp³-hybridized carbons (Fsp3) is 0.176. The van der Waals surface area contributed by atoms with Gasteiger partial charge in [-0.2, -0.15) is 0 Å². The maximum Gasteiger partial charge on any atom is 0.339 e. The van der Waals surface area contributed by atoms with E-state index in [0.29, 0.717) is 5.39 Å². The minimum Gasteiger partial charge on any atom is -0.465 e. The molecule has 1 heterocycles. The molecule has 1 aromatic heterocycles. The molecule has 0 radical (unpaired) electrons. The molecule has 0 N–H and O–H groups in total. The maximum absolute atomic E-state index is 12.3. The Balaban J connectivity index is 2.53. The maximum atomic E-state index is 12.3. The molecule has 2 aromatic carbocycles. The van der Waals surface area contributed by atoms with E-state index >= 15 is 0 Å². The first kappa shape index (κ1) is 14.1. The van der Waals surface area contributed by atoms with Gasteiger partial charge in [-0.15, -0.1) is 0 Å². The standard InChI is InChI=1S/C17H15NO4/c1-18-12-7-5-4-6-10(12)14-13(18)9-8-11(16(19)21-2)15(14)17(20)22-3/h4-9H,1-3H3. The Morgan fingerprint density at radius 1 is 0.909 bits per heavy atom. The SMILES string of the molecule is COC(=O)c1ccc2c(c1C(=O)OC)c1ccccc1n2C. The van der Waals surface area contributed by atoms with Crippen LogP contribution in [0.4, 0.5) is 0 Å². The van der Waals surface area contributed by atoms with Crippen LogP contribution in [-0.2, 0) is 16.5 Å². The van der Waals surface area contributed by atoms with Gasteiger partial charge in [-0.1, -0.05) is 18.2 Å². The van der Waals surface area contributed by atoms with Crippen LogP contribution in [0.5, 0.6) is 0 Å². The third-order valence-electron chi connectivity index (χ3n) is 3.87. The summed E-state index contributed by atoms with van der Waals surface area (Å²) in [5.41, 5.74) is 2.28. The summed E-state index contributed by atoms with van der Waals surface area (Å²) in [5, 5.41) is 1.60. The number of rotatable bonds is 2. The lowest BCUT2D eigenvalue weighted by Gasteiger charge is -2.08. The largest absolute Gasteiger partial charge is 0.465 e. The Morgan fingerprint density at radius 3 is 2.27 bits per heavy atom. The zero-order chi connectivity index (χ0) is 15.9. The molecule has 0 unspecified atom stereocenters. The van der Waals surface area contributed by atoms with Gasteiger partial charge in [-0.05, 0) is 18.2 Å². The number of methoxy groups -OCH3 is 2. The second-order valence-corrected chi connectivity index (χ2v) is 4.94. The summed E-state index contributed by atoms with van der Waals surface area (Å²) >= 11 is 0. The number of hydrogen-bond donors (Lipinski definition) is 0. The zero-order valence-corrected chi connectivity index (χ0v) is 12.5. The molecule has 0 fully saturated rings. The van der Waals surface area contributed by atoms with Gasteiger partial charge < -0.3 is 14.0 Å². The summed E-state index contributed by atoms with van der Waals surface area (Å²) in [4.78, 5) is 24.3. The summed E-state index contributed by atoms with van der Waals surface area (Å²) in [5.74, 6) is -1.11. The number of nitrogens with zero attached hydrogens (tertiary/aromatic N) is 1. The first-order chi connectivity index (χ1) is 10.6. The Morgan fingerprint density at radius 2 is 1.59 bits per heavy atom. The molecule has 0 aliphatic heterocycles. The molecule has 0 bridgehead atoms. The van der Waals surface area contributed by atoms with Crippen molar-refractivity contribution in [2.45, 2.75) is 0 Å². The van der Waals surface area contributed by atoms with Gasteiger partial charge in [-0.3, -0.25) is 0 Å².